The molecule has 0 saturated carbocycles. The summed E-state index contributed by atoms with van der Waals surface area (Å²) in [4.78, 5) is 0. The van der Waals surface area contributed by atoms with E-state index < -0.39 is 0 Å². The molecule has 0 aliphatic rings. The van der Waals surface area contributed by atoms with E-state index >= 15 is 0 Å². The smallest absolute Gasteiger partial charge is 0.123 e. The molecule has 1 heterocycles. The highest BCUT2D eigenvalue weighted by atomic mass is 35.5. The number of H-pyrrole nitrogens is 1. The van der Waals surface area contributed by atoms with Crippen LogP contribution >= 0.6 is 0 Å². The zero-order chi connectivity index (χ0) is 17.0. The lowest BCUT2D eigenvalue weighted by molar-refractivity contribution is -0.00000613. The molecule has 3 nitrogen and oxygen atoms in total. The number of aromatic amines is 1. The van der Waals surface area contributed by atoms with Crippen molar-refractivity contribution in [2.24, 2.45) is 0 Å². The Labute approximate surface area is 152 Å². The van der Waals surface area contributed by atoms with Crippen molar-refractivity contribution in [1.82, 2.24) is 10.2 Å². The lowest BCUT2D eigenvalue weighted by Crippen LogP contribution is -3.00. The molecule has 0 aliphatic carbocycles. The van der Waals surface area contributed by atoms with E-state index in [1.54, 1.807) is 0 Å². The van der Waals surface area contributed by atoms with Gasteiger partial charge in [-0.25, -0.2) is 0 Å². The predicted octanol–water partition coefficient (Wildman–Crippen LogP) is 2.04. The van der Waals surface area contributed by atoms with Crippen molar-refractivity contribution in [3.63, 3.8) is 0 Å². The lowest BCUT2D eigenvalue weighted by Gasteiger charge is -2.23. The first-order valence-electron chi connectivity index (χ1n) is 8.53. The Morgan fingerprint density at radius 2 is 1.79 bits per heavy atom. The van der Waals surface area contributed by atoms with Gasteiger partial charge in [-0.15, -0.1) is 0 Å². The third-order valence-electron chi connectivity index (χ3n) is 4.30. The van der Waals surface area contributed by atoms with Gasteiger partial charge in [0.1, 0.15) is 5.75 Å². The maximum absolute atomic E-state index is 6.08. The molecule has 0 spiro atoms. The average molecular weight is 350 g/mol. The van der Waals surface area contributed by atoms with E-state index in [0.29, 0.717) is 0 Å². The van der Waals surface area contributed by atoms with Crippen molar-refractivity contribution in [3.8, 4) is 5.75 Å². The Morgan fingerprint density at radius 1 is 1.08 bits per heavy atom. The van der Waals surface area contributed by atoms with Gasteiger partial charge in [-0.3, -0.25) is 5.10 Å². The minimum atomic E-state index is 0. The minimum Gasteiger partial charge on any atom is -1.00 e. The number of aromatic nitrogens is 2. The minimum absolute atomic E-state index is 0. The number of aryl methyl sites for hydroxylation is 3. The maximum atomic E-state index is 6.08. The summed E-state index contributed by atoms with van der Waals surface area (Å²) in [6.45, 7) is 13.8. The molecule has 2 rings (SSSR count). The zero-order valence-electron chi connectivity index (χ0n) is 15.8. The highest BCUT2D eigenvalue weighted by Gasteiger charge is 2.19. The molecule has 0 amide bonds. The van der Waals surface area contributed by atoms with Gasteiger partial charge in [-0.05, 0) is 62.6 Å². The molecule has 0 unspecified atom stereocenters. The molecule has 0 radical (unpaired) electrons. The Morgan fingerprint density at radius 3 is 2.38 bits per heavy atom. The van der Waals surface area contributed by atoms with Crippen molar-refractivity contribution < 1.29 is 17.1 Å². The van der Waals surface area contributed by atoms with Gasteiger partial charge in [0.15, 0.2) is 0 Å². The number of ether oxygens (including phenoxy) is 1. The molecule has 1 aromatic carbocycles. The Hall–Kier alpha value is -1.48. The van der Waals surface area contributed by atoms with Crippen LogP contribution in [0.2, 0.25) is 0 Å². The van der Waals surface area contributed by atoms with E-state index in [9.17, 15) is 0 Å². The quantitative estimate of drug-likeness (QED) is 0.810. The lowest BCUT2D eigenvalue weighted by atomic mass is 9.85. The summed E-state index contributed by atoms with van der Waals surface area (Å²) in [5.41, 5.74) is 6.35. The number of halogens is 1. The van der Waals surface area contributed by atoms with Crippen LogP contribution in [-0.2, 0) is 11.8 Å². The van der Waals surface area contributed by atoms with Crippen molar-refractivity contribution >= 4 is 0 Å². The predicted molar refractivity (Wildman–Crippen MR) is 96.4 cm³/mol. The van der Waals surface area contributed by atoms with Crippen molar-refractivity contribution in [3.05, 3.63) is 46.3 Å². The maximum Gasteiger partial charge on any atom is 0.123 e. The number of rotatable bonds is 6. The Kier molecular flexibility index (Phi) is 7.34. The van der Waals surface area contributed by atoms with Gasteiger partial charge >= 0.3 is 0 Å². The van der Waals surface area contributed by atoms with Gasteiger partial charge in [-0.1, -0.05) is 38.5 Å². The first kappa shape index (κ1) is 20.6. The van der Waals surface area contributed by atoms with Crippen molar-refractivity contribution in [1.29, 1.82) is 0 Å². The topological polar surface area (TPSA) is 37.9 Å². The molecular formula is C20H30ClN2O-. The molecule has 0 bridgehead atoms. The summed E-state index contributed by atoms with van der Waals surface area (Å²) >= 11 is 0. The number of hydrogen-bond donors (Lipinski definition) is 1. The number of unbranched alkanes of at least 4 members (excludes halogenated alkanes) is 1. The van der Waals surface area contributed by atoms with Gasteiger partial charge in [0.2, 0.25) is 0 Å². The molecule has 0 aliphatic heterocycles. The molecule has 0 fully saturated rings. The third-order valence-corrected chi connectivity index (χ3v) is 4.30. The Balaban J connectivity index is 0.00000288. The normalized spacial score (nSPS) is 11.2. The third kappa shape index (κ3) is 5.27. The first-order chi connectivity index (χ1) is 10.8. The van der Waals surface area contributed by atoms with Gasteiger partial charge < -0.3 is 17.1 Å². The highest BCUT2D eigenvalue weighted by molar-refractivity contribution is 5.41. The number of benzene rings is 1. The first-order valence-corrected chi connectivity index (χ1v) is 8.53. The van der Waals surface area contributed by atoms with Crippen LogP contribution in [0.1, 0.15) is 61.7 Å². The second-order valence-corrected chi connectivity index (χ2v) is 7.47. The monoisotopic (exact) mass is 349 g/mol. The van der Waals surface area contributed by atoms with E-state index in [1.807, 2.05) is 0 Å². The van der Waals surface area contributed by atoms with Crippen molar-refractivity contribution in [2.75, 3.05) is 6.61 Å². The van der Waals surface area contributed by atoms with Crippen LogP contribution in [0.4, 0.5) is 0 Å². The van der Waals surface area contributed by atoms with Crippen LogP contribution in [0.5, 0.6) is 5.75 Å². The summed E-state index contributed by atoms with van der Waals surface area (Å²) < 4.78 is 6.08. The van der Waals surface area contributed by atoms with E-state index in [-0.39, 0.29) is 17.8 Å². The van der Waals surface area contributed by atoms with Crippen LogP contribution in [0, 0.1) is 20.8 Å². The highest BCUT2D eigenvalue weighted by Crippen LogP contribution is 2.32. The molecule has 4 heteroatoms. The SMILES string of the molecule is Cc1ccc(OCCCCc2c(C)n[nH]c2C)c(C(C)(C)C)c1.[Cl-]. The molecule has 0 atom stereocenters. The fourth-order valence-corrected chi connectivity index (χ4v) is 2.88. The largest absolute Gasteiger partial charge is 1.00 e. The van der Waals surface area contributed by atoms with Crippen LogP contribution in [0.25, 0.3) is 0 Å². The summed E-state index contributed by atoms with van der Waals surface area (Å²) in [7, 11) is 0. The number of nitrogens with zero attached hydrogens (tertiary/aromatic N) is 1. The van der Waals surface area contributed by atoms with Gasteiger partial charge in [0.25, 0.3) is 0 Å². The summed E-state index contributed by atoms with van der Waals surface area (Å²) in [6, 6.07) is 6.48. The van der Waals surface area contributed by atoms with Gasteiger partial charge in [-0.2, -0.15) is 5.10 Å². The van der Waals surface area contributed by atoms with Gasteiger partial charge in [0.05, 0.1) is 12.3 Å². The second-order valence-electron chi connectivity index (χ2n) is 7.47. The fourth-order valence-electron chi connectivity index (χ4n) is 2.88. The Bertz CT molecular complexity index is 637. The zero-order valence-corrected chi connectivity index (χ0v) is 16.5. The summed E-state index contributed by atoms with van der Waals surface area (Å²) in [5.74, 6) is 1.03. The molecule has 134 valence electrons. The molecule has 0 saturated heterocycles. The van der Waals surface area contributed by atoms with Crippen LogP contribution in [0.3, 0.4) is 0 Å². The second kappa shape index (κ2) is 8.57. The molecule has 1 aromatic heterocycles. The van der Waals surface area contributed by atoms with E-state index in [2.05, 4.69) is 69.9 Å². The molecule has 2 aromatic rings. The van der Waals surface area contributed by atoms with Crippen LogP contribution in [-0.4, -0.2) is 16.8 Å². The number of hydrogen-bond acceptors (Lipinski definition) is 2. The van der Waals surface area contributed by atoms with E-state index in [4.69, 9.17) is 4.74 Å². The summed E-state index contributed by atoms with van der Waals surface area (Å²) in [5, 5.41) is 7.31. The van der Waals surface area contributed by atoms with Gasteiger partial charge in [0, 0.05) is 5.69 Å². The van der Waals surface area contributed by atoms with E-state index in [0.717, 1.165) is 37.3 Å². The molecule has 1 N–H and O–H groups in total. The van der Waals surface area contributed by atoms with Crippen LogP contribution in [0.15, 0.2) is 18.2 Å². The van der Waals surface area contributed by atoms with E-state index in [1.165, 1.54) is 22.4 Å². The average Bonchev–Trinajstić information content (AvgIpc) is 2.78. The standard InChI is InChI=1S/C20H30N2O.ClH/c1-14-10-11-19(18(13-14)20(4,5)6)23-12-8-7-9-17-15(2)21-22-16(17)3;/h10-11,13H,7-9,12H2,1-6H3,(H,21,22);1H/p-1. The molecular weight excluding hydrogens is 320 g/mol. The molecule has 24 heavy (non-hydrogen) atoms. The number of nitrogens with one attached hydrogen (secondary N) is 1. The fraction of sp³-hybridized carbons (Fsp3) is 0.550. The van der Waals surface area contributed by atoms with Crippen LogP contribution < -0.4 is 17.1 Å². The van der Waals surface area contributed by atoms with Crippen molar-refractivity contribution in [2.45, 2.75) is 66.2 Å². The summed E-state index contributed by atoms with van der Waals surface area (Å²) in [6.07, 6.45) is 3.25.